The number of carbonyl (C=O) groups excluding carboxylic acids is 1. The van der Waals surface area contributed by atoms with Crippen LogP contribution in [0, 0.1) is 0 Å². The second-order valence-electron chi connectivity index (χ2n) is 4.06. The Balaban J connectivity index is 2.42. The smallest absolute Gasteiger partial charge is 0.325 e. The minimum absolute atomic E-state index is 0.182. The first-order valence-corrected chi connectivity index (χ1v) is 6.24. The second-order valence-corrected chi connectivity index (χ2v) is 4.06. The van der Waals surface area contributed by atoms with Gasteiger partial charge in [-0.15, -0.1) is 0 Å². The van der Waals surface area contributed by atoms with Gasteiger partial charge in [0.15, 0.2) is 0 Å². The average Bonchev–Trinajstić information content (AvgIpc) is 2.30. The van der Waals surface area contributed by atoms with Crippen LogP contribution in [-0.4, -0.2) is 30.5 Å². The molecule has 0 aliphatic rings. The summed E-state index contributed by atoms with van der Waals surface area (Å²) < 4.78 is 5.26. The molecule has 0 aliphatic heterocycles. The number of benzene rings is 1. The molecule has 3 heteroatoms. The van der Waals surface area contributed by atoms with E-state index in [1.807, 2.05) is 18.2 Å². The molecule has 0 N–H and O–H groups in total. The van der Waals surface area contributed by atoms with Gasteiger partial charge in [0.05, 0.1) is 6.54 Å². The summed E-state index contributed by atoms with van der Waals surface area (Å²) in [5.74, 6) is 0.434. The van der Waals surface area contributed by atoms with Gasteiger partial charge in [-0.25, -0.2) is 0 Å². The molecule has 3 nitrogen and oxygen atoms in total. The Labute approximate surface area is 103 Å². The molecule has 0 fully saturated rings. The molecular weight excluding hydrogens is 214 g/mol. The fraction of sp³-hybridized carbons (Fsp3) is 0.500. The van der Waals surface area contributed by atoms with Crippen LogP contribution in [0.15, 0.2) is 30.3 Å². The highest BCUT2D eigenvalue weighted by Crippen LogP contribution is 2.08. The average molecular weight is 235 g/mol. The van der Waals surface area contributed by atoms with E-state index in [4.69, 9.17) is 4.74 Å². The molecule has 0 saturated heterocycles. The summed E-state index contributed by atoms with van der Waals surface area (Å²) in [6.07, 6.45) is 2.11. The minimum atomic E-state index is -0.182. The second kappa shape index (κ2) is 7.85. The molecule has 0 unspecified atom stereocenters. The lowest BCUT2D eigenvalue weighted by molar-refractivity contribution is -0.135. The normalized spacial score (nSPS) is 10.5. The molecule has 0 aliphatic carbocycles. The Kier molecular flexibility index (Phi) is 6.33. The number of hydrogen-bond acceptors (Lipinski definition) is 3. The Morgan fingerprint density at radius 1 is 1.12 bits per heavy atom. The van der Waals surface area contributed by atoms with Crippen molar-refractivity contribution in [2.24, 2.45) is 0 Å². The number of nitrogens with zero attached hydrogens (tertiary/aromatic N) is 1. The van der Waals surface area contributed by atoms with Crippen molar-refractivity contribution in [2.45, 2.75) is 26.7 Å². The van der Waals surface area contributed by atoms with Gasteiger partial charge in [-0.05, 0) is 38.1 Å². The molecule has 0 atom stereocenters. The first-order chi connectivity index (χ1) is 8.26. The lowest BCUT2D eigenvalue weighted by Crippen LogP contribution is -2.33. The first kappa shape index (κ1) is 13.7. The number of hydrogen-bond donors (Lipinski definition) is 0. The Bertz CT molecular complexity index is 318. The van der Waals surface area contributed by atoms with Crippen molar-refractivity contribution in [1.29, 1.82) is 0 Å². The molecule has 0 amide bonds. The number of ether oxygens (including phenoxy) is 1. The lowest BCUT2D eigenvalue weighted by atomic mass is 10.3. The molecule has 0 spiro atoms. The van der Waals surface area contributed by atoms with E-state index < -0.39 is 0 Å². The topological polar surface area (TPSA) is 29.5 Å². The largest absolute Gasteiger partial charge is 0.426 e. The predicted octanol–water partition coefficient (Wildman–Crippen LogP) is 2.71. The summed E-state index contributed by atoms with van der Waals surface area (Å²) in [5.41, 5.74) is 0. The summed E-state index contributed by atoms with van der Waals surface area (Å²) in [6.45, 7) is 6.49. The van der Waals surface area contributed by atoms with Crippen molar-refractivity contribution < 1.29 is 9.53 Å². The lowest BCUT2D eigenvalue weighted by Gasteiger charge is -2.19. The highest BCUT2D eigenvalue weighted by molar-refractivity contribution is 5.74. The first-order valence-electron chi connectivity index (χ1n) is 6.24. The fourth-order valence-corrected chi connectivity index (χ4v) is 1.74. The molecule has 0 radical (unpaired) electrons. The van der Waals surface area contributed by atoms with Crippen molar-refractivity contribution in [3.63, 3.8) is 0 Å². The molecule has 17 heavy (non-hydrogen) atoms. The van der Waals surface area contributed by atoms with Crippen LogP contribution in [0.25, 0.3) is 0 Å². The maximum atomic E-state index is 11.7. The van der Waals surface area contributed by atoms with Crippen molar-refractivity contribution in [2.75, 3.05) is 19.6 Å². The molecule has 0 bridgehead atoms. The number of esters is 1. The monoisotopic (exact) mass is 235 g/mol. The number of rotatable bonds is 7. The summed E-state index contributed by atoms with van der Waals surface area (Å²) >= 11 is 0. The SMILES string of the molecule is CCCN(CCC)CC(=O)Oc1ccccc1. The van der Waals surface area contributed by atoms with Crippen LogP contribution < -0.4 is 4.74 Å². The maximum Gasteiger partial charge on any atom is 0.325 e. The Morgan fingerprint density at radius 3 is 2.24 bits per heavy atom. The number of carbonyl (C=O) groups is 1. The molecule has 94 valence electrons. The molecular formula is C14H21NO2. The van der Waals surface area contributed by atoms with E-state index in [-0.39, 0.29) is 5.97 Å². The molecule has 1 aromatic carbocycles. The molecule has 0 saturated carbocycles. The van der Waals surface area contributed by atoms with Crippen LogP contribution in [-0.2, 0) is 4.79 Å². The molecule has 1 rings (SSSR count). The summed E-state index contributed by atoms with van der Waals surface area (Å²) in [6, 6.07) is 9.21. The van der Waals surface area contributed by atoms with Gasteiger partial charge in [0, 0.05) is 0 Å². The standard InChI is InChI=1S/C14H21NO2/c1-3-10-15(11-4-2)12-14(16)17-13-8-6-5-7-9-13/h5-9H,3-4,10-12H2,1-2H3. The van der Waals surface area contributed by atoms with Crippen LogP contribution in [0.2, 0.25) is 0 Å². The maximum absolute atomic E-state index is 11.7. The molecule has 0 heterocycles. The van der Waals surface area contributed by atoms with E-state index in [1.165, 1.54) is 0 Å². The van der Waals surface area contributed by atoms with Gasteiger partial charge in [0.25, 0.3) is 0 Å². The van der Waals surface area contributed by atoms with Crippen LogP contribution in [0.5, 0.6) is 5.75 Å². The van der Waals surface area contributed by atoms with E-state index in [0.29, 0.717) is 12.3 Å². The van der Waals surface area contributed by atoms with Gasteiger partial charge in [-0.1, -0.05) is 32.0 Å². The molecule has 1 aromatic rings. The van der Waals surface area contributed by atoms with Gasteiger partial charge in [-0.2, -0.15) is 0 Å². The van der Waals surface area contributed by atoms with Gasteiger partial charge in [-0.3, -0.25) is 9.69 Å². The third kappa shape index (κ3) is 5.50. The van der Waals surface area contributed by atoms with Gasteiger partial charge < -0.3 is 4.74 Å². The van der Waals surface area contributed by atoms with Crippen molar-refractivity contribution in [1.82, 2.24) is 4.90 Å². The van der Waals surface area contributed by atoms with Crippen molar-refractivity contribution in [3.8, 4) is 5.75 Å². The van der Waals surface area contributed by atoms with Crippen LogP contribution in [0.4, 0.5) is 0 Å². The zero-order chi connectivity index (χ0) is 12.5. The zero-order valence-electron chi connectivity index (χ0n) is 10.7. The van der Waals surface area contributed by atoms with E-state index in [9.17, 15) is 4.79 Å². The quantitative estimate of drug-likeness (QED) is 0.537. The van der Waals surface area contributed by atoms with E-state index in [0.717, 1.165) is 25.9 Å². The van der Waals surface area contributed by atoms with Crippen LogP contribution >= 0.6 is 0 Å². The van der Waals surface area contributed by atoms with E-state index in [1.54, 1.807) is 12.1 Å². The van der Waals surface area contributed by atoms with Crippen molar-refractivity contribution >= 4 is 5.97 Å². The zero-order valence-corrected chi connectivity index (χ0v) is 10.7. The number of para-hydroxylation sites is 1. The Hall–Kier alpha value is -1.35. The summed E-state index contributed by atoms with van der Waals surface area (Å²) in [4.78, 5) is 13.8. The highest BCUT2D eigenvalue weighted by Gasteiger charge is 2.10. The van der Waals surface area contributed by atoms with Gasteiger partial charge >= 0.3 is 5.97 Å². The van der Waals surface area contributed by atoms with Crippen LogP contribution in [0.3, 0.4) is 0 Å². The van der Waals surface area contributed by atoms with Crippen molar-refractivity contribution in [3.05, 3.63) is 30.3 Å². The molecule has 0 aromatic heterocycles. The van der Waals surface area contributed by atoms with Crippen LogP contribution in [0.1, 0.15) is 26.7 Å². The highest BCUT2D eigenvalue weighted by atomic mass is 16.5. The minimum Gasteiger partial charge on any atom is -0.426 e. The summed E-state index contributed by atoms with van der Waals surface area (Å²) in [5, 5.41) is 0. The van der Waals surface area contributed by atoms with E-state index >= 15 is 0 Å². The third-order valence-electron chi connectivity index (χ3n) is 2.41. The van der Waals surface area contributed by atoms with Gasteiger partial charge in [0.1, 0.15) is 5.75 Å². The third-order valence-corrected chi connectivity index (χ3v) is 2.41. The van der Waals surface area contributed by atoms with Gasteiger partial charge in [0.2, 0.25) is 0 Å². The fourth-order valence-electron chi connectivity index (χ4n) is 1.74. The predicted molar refractivity (Wildman–Crippen MR) is 69.1 cm³/mol. The Morgan fingerprint density at radius 2 is 1.71 bits per heavy atom. The summed E-state index contributed by atoms with van der Waals surface area (Å²) in [7, 11) is 0. The van der Waals surface area contributed by atoms with E-state index in [2.05, 4.69) is 18.7 Å².